The van der Waals surface area contributed by atoms with Crippen LogP contribution >= 0.6 is 23.2 Å². The van der Waals surface area contributed by atoms with Gasteiger partial charge in [0.05, 0.1) is 16.5 Å². The van der Waals surface area contributed by atoms with Gasteiger partial charge in [0.2, 0.25) is 11.7 Å². The fourth-order valence-electron chi connectivity index (χ4n) is 2.15. The van der Waals surface area contributed by atoms with Gasteiger partial charge in [-0.05, 0) is 30.7 Å². The molecule has 4 nitrogen and oxygen atoms in total. The number of carbonyl (C=O) groups excluding carboxylic acids is 1. The molecule has 3 rings (SSSR count). The predicted octanol–water partition coefficient (Wildman–Crippen LogP) is 4.84. The van der Waals surface area contributed by atoms with Gasteiger partial charge in [-0.15, -0.1) is 0 Å². The highest BCUT2D eigenvalue weighted by Crippen LogP contribution is 2.24. The van der Waals surface area contributed by atoms with Crippen LogP contribution in [0.5, 0.6) is 0 Å². The summed E-state index contributed by atoms with van der Waals surface area (Å²) in [5.74, 6) is 0.904. The third-order valence-corrected chi connectivity index (χ3v) is 4.07. The van der Waals surface area contributed by atoms with Crippen molar-refractivity contribution >= 4 is 29.0 Å². The maximum atomic E-state index is 11.4. The Labute approximate surface area is 143 Å². The van der Waals surface area contributed by atoms with Crippen molar-refractivity contribution in [3.05, 3.63) is 69.5 Å². The Kier molecular flexibility index (Phi) is 4.46. The molecule has 3 aromatic rings. The lowest BCUT2D eigenvalue weighted by Crippen LogP contribution is -1.93. The van der Waals surface area contributed by atoms with E-state index in [9.17, 15) is 4.79 Å². The highest BCUT2D eigenvalue weighted by atomic mass is 35.5. The zero-order valence-electron chi connectivity index (χ0n) is 12.2. The average molecular weight is 347 g/mol. The van der Waals surface area contributed by atoms with Gasteiger partial charge in [0.15, 0.2) is 5.78 Å². The molecule has 0 spiro atoms. The van der Waals surface area contributed by atoms with Crippen molar-refractivity contribution < 1.29 is 9.32 Å². The molecule has 0 saturated carbocycles. The van der Waals surface area contributed by atoms with Crippen LogP contribution in [0.4, 0.5) is 0 Å². The van der Waals surface area contributed by atoms with Crippen LogP contribution in [0.15, 0.2) is 47.0 Å². The molecule has 23 heavy (non-hydrogen) atoms. The molecule has 0 unspecified atom stereocenters. The first-order chi connectivity index (χ1) is 11.0. The largest absolute Gasteiger partial charge is 0.339 e. The van der Waals surface area contributed by atoms with Gasteiger partial charge >= 0.3 is 0 Å². The van der Waals surface area contributed by atoms with E-state index in [1.54, 1.807) is 30.3 Å². The van der Waals surface area contributed by atoms with Crippen molar-refractivity contribution in [2.24, 2.45) is 0 Å². The normalized spacial score (nSPS) is 10.7. The lowest BCUT2D eigenvalue weighted by molar-refractivity contribution is 0.101. The third kappa shape index (κ3) is 3.60. The highest BCUT2D eigenvalue weighted by Gasteiger charge is 2.11. The first kappa shape index (κ1) is 15.7. The van der Waals surface area contributed by atoms with Crippen molar-refractivity contribution in [2.75, 3.05) is 0 Å². The van der Waals surface area contributed by atoms with Crippen LogP contribution in [0.2, 0.25) is 10.0 Å². The fourth-order valence-corrected chi connectivity index (χ4v) is 2.47. The van der Waals surface area contributed by atoms with E-state index in [4.69, 9.17) is 27.7 Å². The van der Waals surface area contributed by atoms with Crippen molar-refractivity contribution in [3.63, 3.8) is 0 Å². The quantitative estimate of drug-likeness (QED) is 0.634. The van der Waals surface area contributed by atoms with Crippen LogP contribution in [0.3, 0.4) is 0 Å². The zero-order chi connectivity index (χ0) is 16.4. The second kappa shape index (κ2) is 6.52. The minimum Gasteiger partial charge on any atom is -0.339 e. The minimum absolute atomic E-state index is 0.00799. The summed E-state index contributed by atoms with van der Waals surface area (Å²) in [6.45, 7) is 1.52. The summed E-state index contributed by atoms with van der Waals surface area (Å²) < 4.78 is 5.27. The van der Waals surface area contributed by atoms with Crippen molar-refractivity contribution in [3.8, 4) is 11.4 Å². The van der Waals surface area contributed by atoms with E-state index in [0.29, 0.717) is 33.7 Å². The maximum Gasteiger partial charge on any atom is 0.231 e. The van der Waals surface area contributed by atoms with Gasteiger partial charge in [0.25, 0.3) is 0 Å². The van der Waals surface area contributed by atoms with Crippen LogP contribution < -0.4 is 0 Å². The molecular weight excluding hydrogens is 335 g/mol. The molecule has 0 atom stereocenters. The van der Waals surface area contributed by atoms with Gasteiger partial charge in [-0.2, -0.15) is 4.98 Å². The topological polar surface area (TPSA) is 56.0 Å². The Morgan fingerprint density at radius 1 is 1.13 bits per heavy atom. The molecule has 1 aromatic heterocycles. The summed E-state index contributed by atoms with van der Waals surface area (Å²) in [7, 11) is 0. The van der Waals surface area contributed by atoms with Crippen molar-refractivity contribution in [2.45, 2.75) is 13.3 Å². The first-order valence-corrected chi connectivity index (χ1v) is 7.66. The number of aromatic nitrogens is 2. The number of hydrogen-bond donors (Lipinski definition) is 0. The van der Waals surface area contributed by atoms with Gasteiger partial charge in [-0.1, -0.05) is 52.6 Å². The Morgan fingerprint density at radius 3 is 2.70 bits per heavy atom. The van der Waals surface area contributed by atoms with Gasteiger partial charge in [-0.25, -0.2) is 0 Å². The van der Waals surface area contributed by atoms with Crippen LogP contribution in [0.1, 0.15) is 28.7 Å². The summed E-state index contributed by atoms with van der Waals surface area (Å²) >= 11 is 11.9. The van der Waals surface area contributed by atoms with Crippen molar-refractivity contribution in [1.82, 2.24) is 10.1 Å². The van der Waals surface area contributed by atoms with E-state index >= 15 is 0 Å². The predicted molar refractivity (Wildman–Crippen MR) is 89.0 cm³/mol. The van der Waals surface area contributed by atoms with Crippen LogP contribution in [0.25, 0.3) is 11.4 Å². The van der Waals surface area contributed by atoms with E-state index in [-0.39, 0.29) is 5.78 Å². The SMILES string of the molecule is CC(=O)c1cccc(-c2noc(Cc3ccc(Cl)c(Cl)c3)n2)c1. The number of benzene rings is 2. The molecule has 1 heterocycles. The third-order valence-electron chi connectivity index (χ3n) is 3.33. The minimum atomic E-state index is -0.00799. The molecule has 0 fully saturated rings. The van der Waals surface area contributed by atoms with E-state index in [2.05, 4.69) is 10.1 Å². The van der Waals surface area contributed by atoms with Crippen molar-refractivity contribution in [1.29, 1.82) is 0 Å². The van der Waals surface area contributed by atoms with Gasteiger partial charge in [0.1, 0.15) is 0 Å². The van der Waals surface area contributed by atoms with Crippen LogP contribution in [-0.4, -0.2) is 15.9 Å². The number of Topliss-reactive ketones (excluding diaryl/α,β-unsaturated/α-hetero) is 1. The summed E-state index contributed by atoms with van der Waals surface area (Å²) in [6, 6.07) is 12.5. The zero-order valence-corrected chi connectivity index (χ0v) is 13.7. The van der Waals surface area contributed by atoms with Gasteiger partial charge in [0, 0.05) is 11.1 Å². The number of nitrogens with zero attached hydrogens (tertiary/aromatic N) is 2. The second-order valence-electron chi connectivity index (χ2n) is 5.07. The molecular formula is C17H12Cl2N2O2. The van der Waals surface area contributed by atoms with E-state index < -0.39 is 0 Å². The molecule has 2 aromatic carbocycles. The summed E-state index contributed by atoms with van der Waals surface area (Å²) in [5.41, 5.74) is 2.27. The molecule has 0 aliphatic heterocycles. The Hall–Kier alpha value is -2.17. The molecule has 0 radical (unpaired) electrons. The van der Waals surface area contributed by atoms with E-state index in [0.717, 1.165) is 11.1 Å². The van der Waals surface area contributed by atoms with Gasteiger partial charge in [-0.3, -0.25) is 4.79 Å². The smallest absolute Gasteiger partial charge is 0.231 e. The first-order valence-electron chi connectivity index (χ1n) is 6.91. The Balaban J connectivity index is 1.84. The molecule has 0 N–H and O–H groups in total. The fraction of sp³-hybridized carbons (Fsp3) is 0.118. The lowest BCUT2D eigenvalue weighted by Gasteiger charge is -1.99. The summed E-state index contributed by atoms with van der Waals surface area (Å²) in [6.07, 6.45) is 0.455. The van der Waals surface area contributed by atoms with Crippen LogP contribution in [0, 0.1) is 0 Å². The molecule has 116 valence electrons. The monoisotopic (exact) mass is 346 g/mol. The van der Waals surface area contributed by atoms with E-state index in [1.165, 1.54) is 6.92 Å². The average Bonchev–Trinajstić information content (AvgIpc) is 2.99. The lowest BCUT2D eigenvalue weighted by atomic mass is 10.1. The molecule has 6 heteroatoms. The number of hydrogen-bond acceptors (Lipinski definition) is 4. The van der Waals surface area contributed by atoms with Gasteiger partial charge < -0.3 is 4.52 Å². The molecule has 0 aliphatic carbocycles. The Bertz CT molecular complexity index is 875. The number of carbonyl (C=O) groups is 1. The molecule has 0 saturated heterocycles. The standard InChI is InChI=1S/C17H12Cl2N2O2/c1-10(22)12-3-2-4-13(9-12)17-20-16(23-21-17)8-11-5-6-14(18)15(19)7-11/h2-7,9H,8H2,1H3. The van der Waals surface area contributed by atoms with E-state index in [1.807, 2.05) is 12.1 Å². The second-order valence-corrected chi connectivity index (χ2v) is 5.89. The molecule has 0 amide bonds. The van der Waals surface area contributed by atoms with Crippen LogP contribution in [-0.2, 0) is 6.42 Å². The summed E-state index contributed by atoms with van der Waals surface area (Å²) in [5, 5.41) is 4.95. The maximum absolute atomic E-state index is 11.4. The number of halogens is 2. The molecule has 0 aliphatic rings. The number of rotatable bonds is 4. The molecule has 0 bridgehead atoms. The summed E-state index contributed by atoms with van der Waals surface area (Å²) in [4.78, 5) is 15.8. The number of ketones is 1. The Morgan fingerprint density at radius 2 is 1.96 bits per heavy atom. The highest BCUT2D eigenvalue weighted by molar-refractivity contribution is 6.42.